The molecular weight excluding hydrogens is 521 g/mol. The van der Waals surface area contributed by atoms with Crippen molar-refractivity contribution in [3.8, 4) is 20.9 Å². The molecule has 0 aliphatic heterocycles. The highest BCUT2D eigenvalue weighted by molar-refractivity contribution is 7.23. The van der Waals surface area contributed by atoms with Gasteiger partial charge in [0.1, 0.15) is 0 Å². The van der Waals surface area contributed by atoms with Crippen LogP contribution in [-0.2, 0) is 0 Å². The van der Waals surface area contributed by atoms with Crippen LogP contribution in [0.15, 0.2) is 133 Å². The van der Waals surface area contributed by atoms with Gasteiger partial charge in [0.25, 0.3) is 0 Å². The number of fused-ring (bicyclic) bond motifs is 7. The zero-order valence-electron chi connectivity index (χ0n) is 21.5. The highest BCUT2D eigenvalue weighted by Gasteiger charge is 2.20. The van der Waals surface area contributed by atoms with Crippen LogP contribution in [0, 0.1) is 0 Å². The van der Waals surface area contributed by atoms with E-state index in [2.05, 4.69) is 133 Å². The molecule has 0 saturated carbocycles. The van der Waals surface area contributed by atoms with Gasteiger partial charge in [-0.1, -0.05) is 97.1 Å². The average molecular weight is 543 g/mol. The first kappa shape index (κ1) is 22.3. The summed E-state index contributed by atoms with van der Waals surface area (Å²) < 4.78 is 2.66. The van der Waals surface area contributed by atoms with Gasteiger partial charge in [0.2, 0.25) is 0 Å². The molecule has 9 rings (SSSR count). The van der Waals surface area contributed by atoms with Crippen molar-refractivity contribution in [1.82, 2.24) is 0 Å². The summed E-state index contributed by atoms with van der Waals surface area (Å²) in [5, 5.41) is 13.1. The van der Waals surface area contributed by atoms with E-state index in [1.807, 2.05) is 22.7 Å². The van der Waals surface area contributed by atoms with E-state index in [-0.39, 0.29) is 0 Å². The summed E-state index contributed by atoms with van der Waals surface area (Å²) in [6.45, 7) is 0. The summed E-state index contributed by atoms with van der Waals surface area (Å²) in [7, 11) is 0. The fourth-order valence-electron chi connectivity index (χ4n) is 6.42. The van der Waals surface area contributed by atoms with Gasteiger partial charge in [0, 0.05) is 30.3 Å². The van der Waals surface area contributed by atoms with Crippen molar-refractivity contribution in [2.75, 3.05) is 0 Å². The van der Waals surface area contributed by atoms with E-state index in [0.29, 0.717) is 0 Å². The Bertz CT molecular complexity index is 2370. The smallest absolute Gasteiger partial charge is 0.0367 e. The van der Waals surface area contributed by atoms with Crippen LogP contribution in [0.5, 0.6) is 0 Å². The Morgan fingerprint density at radius 1 is 0.300 bits per heavy atom. The molecule has 186 valence electrons. The second-order valence-corrected chi connectivity index (χ2v) is 12.7. The van der Waals surface area contributed by atoms with E-state index < -0.39 is 0 Å². The SMILES string of the molecule is c1ccc2sc(-c3c4ccccc4c(-c4cc5ccccc5s4)c4cc5c(ccc6ccccc65)cc34)cc2c1. The molecular formula is C38H22S2. The first-order chi connectivity index (χ1) is 19.8. The Balaban J connectivity index is 1.51. The van der Waals surface area contributed by atoms with Crippen LogP contribution in [0.1, 0.15) is 0 Å². The molecule has 0 aliphatic carbocycles. The maximum absolute atomic E-state index is 2.47. The molecule has 0 fully saturated rings. The standard InChI is InChI=1S/C38H22S2/c1-4-12-27-23(9-1)17-18-24-19-31-32(22-30(24)27)38(36-21-26-11-3-8-16-34(26)40-36)29-14-6-5-13-28(29)37(31)35-20-25-10-2-7-15-33(25)39-35/h1-22H. The minimum Gasteiger partial charge on any atom is -0.135 e. The summed E-state index contributed by atoms with van der Waals surface area (Å²) in [6, 6.07) is 49.5. The van der Waals surface area contributed by atoms with E-state index in [9.17, 15) is 0 Å². The summed E-state index contributed by atoms with van der Waals surface area (Å²) in [5.41, 5.74) is 2.68. The molecule has 0 saturated heterocycles. The second-order valence-electron chi connectivity index (χ2n) is 10.5. The van der Waals surface area contributed by atoms with Crippen molar-refractivity contribution in [3.05, 3.63) is 133 Å². The Labute approximate surface area is 239 Å². The second kappa shape index (κ2) is 8.50. The molecule has 2 heteroatoms. The maximum atomic E-state index is 2.47. The van der Waals surface area contributed by atoms with Crippen molar-refractivity contribution in [2.24, 2.45) is 0 Å². The molecule has 0 amide bonds. The van der Waals surface area contributed by atoms with Crippen LogP contribution < -0.4 is 0 Å². The van der Waals surface area contributed by atoms with Gasteiger partial charge < -0.3 is 0 Å². The Kier molecular flexibility index (Phi) is 4.74. The van der Waals surface area contributed by atoms with Crippen LogP contribution in [0.3, 0.4) is 0 Å². The quantitative estimate of drug-likeness (QED) is 0.150. The van der Waals surface area contributed by atoms with E-state index in [4.69, 9.17) is 0 Å². The lowest BCUT2D eigenvalue weighted by Gasteiger charge is -2.17. The molecule has 0 unspecified atom stereocenters. The number of thiophene rings is 2. The molecule has 2 aromatic heterocycles. The fraction of sp³-hybridized carbons (Fsp3) is 0. The predicted molar refractivity (Wildman–Crippen MR) is 178 cm³/mol. The lowest BCUT2D eigenvalue weighted by molar-refractivity contribution is 1.76. The Morgan fingerprint density at radius 2 is 0.775 bits per heavy atom. The van der Waals surface area contributed by atoms with Crippen LogP contribution in [0.25, 0.3) is 84.1 Å². The van der Waals surface area contributed by atoms with Gasteiger partial charge in [-0.3, -0.25) is 0 Å². The molecule has 7 aromatic carbocycles. The Morgan fingerprint density at radius 3 is 1.38 bits per heavy atom. The average Bonchev–Trinajstić information content (AvgIpc) is 3.63. The summed E-state index contributed by atoms with van der Waals surface area (Å²) in [5.74, 6) is 0. The third kappa shape index (κ3) is 3.24. The Hall–Kier alpha value is -4.50. The van der Waals surface area contributed by atoms with Gasteiger partial charge in [0.15, 0.2) is 0 Å². The third-order valence-electron chi connectivity index (χ3n) is 8.23. The van der Waals surface area contributed by atoms with Crippen molar-refractivity contribution in [2.45, 2.75) is 0 Å². The minimum atomic E-state index is 1.28. The fourth-order valence-corrected chi connectivity index (χ4v) is 8.69. The number of benzene rings is 7. The van der Waals surface area contributed by atoms with Gasteiger partial charge in [0.05, 0.1) is 0 Å². The van der Waals surface area contributed by atoms with E-state index in [0.717, 1.165) is 0 Å². The third-order valence-corrected chi connectivity index (χ3v) is 10.5. The van der Waals surface area contributed by atoms with Crippen molar-refractivity contribution in [3.63, 3.8) is 0 Å². The minimum absolute atomic E-state index is 1.28. The van der Waals surface area contributed by atoms with Crippen LogP contribution in [-0.4, -0.2) is 0 Å². The van der Waals surface area contributed by atoms with E-state index in [1.165, 1.54) is 84.1 Å². The molecule has 2 heterocycles. The zero-order valence-corrected chi connectivity index (χ0v) is 23.2. The van der Waals surface area contributed by atoms with Crippen LogP contribution in [0.4, 0.5) is 0 Å². The maximum Gasteiger partial charge on any atom is 0.0367 e. The highest BCUT2D eigenvalue weighted by Crippen LogP contribution is 2.49. The van der Waals surface area contributed by atoms with Gasteiger partial charge in [-0.2, -0.15) is 0 Å². The number of rotatable bonds is 2. The van der Waals surface area contributed by atoms with Crippen molar-refractivity contribution >= 4 is 85.9 Å². The topological polar surface area (TPSA) is 0 Å². The van der Waals surface area contributed by atoms with Crippen molar-refractivity contribution < 1.29 is 0 Å². The molecule has 0 aliphatic rings. The monoisotopic (exact) mass is 542 g/mol. The van der Waals surface area contributed by atoms with Crippen LogP contribution in [0.2, 0.25) is 0 Å². The summed E-state index contributed by atoms with van der Waals surface area (Å²) in [4.78, 5) is 2.65. The van der Waals surface area contributed by atoms with Gasteiger partial charge >= 0.3 is 0 Å². The summed E-state index contributed by atoms with van der Waals surface area (Å²) >= 11 is 3.79. The molecule has 40 heavy (non-hydrogen) atoms. The molecule has 9 aromatic rings. The largest absolute Gasteiger partial charge is 0.135 e. The van der Waals surface area contributed by atoms with E-state index in [1.54, 1.807) is 0 Å². The molecule has 0 spiro atoms. The molecule has 0 nitrogen and oxygen atoms in total. The van der Waals surface area contributed by atoms with E-state index >= 15 is 0 Å². The normalized spacial score (nSPS) is 12.0. The summed E-state index contributed by atoms with van der Waals surface area (Å²) in [6.07, 6.45) is 0. The number of hydrogen-bond donors (Lipinski definition) is 0. The van der Waals surface area contributed by atoms with Gasteiger partial charge in [-0.05, 0) is 90.3 Å². The van der Waals surface area contributed by atoms with Crippen molar-refractivity contribution in [1.29, 1.82) is 0 Å². The molecule has 0 N–H and O–H groups in total. The van der Waals surface area contributed by atoms with Crippen LogP contribution >= 0.6 is 22.7 Å². The zero-order chi connectivity index (χ0) is 26.2. The highest BCUT2D eigenvalue weighted by atomic mass is 32.1. The predicted octanol–water partition coefficient (Wildman–Crippen LogP) is 12.1. The first-order valence-corrected chi connectivity index (χ1v) is 15.2. The molecule has 0 bridgehead atoms. The molecule has 0 radical (unpaired) electrons. The lowest BCUT2D eigenvalue weighted by atomic mass is 9.88. The first-order valence-electron chi connectivity index (χ1n) is 13.6. The number of hydrogen-bond acceptors (Lipinski definition) is 2. The van der Waals surface area contributed by atoms with Gasteiger partial charge in [-0.25, -0.2) is 0 Å². The molecule has 0 atom stereocenters. The van der Waals surface area contributed by atoms with Gasteiger partial charge in [-0.15, -0.1) is 22.7 Å². The lowest BCUT2D eigenvalue weighted by Crippen LogP contribution is -1.89.